The average Bonchev–Trinajstić information content (AvgIpc) is 3.20. The van der Waals surface area contributed by atoms with Crippen LogP contribution in [-0.2, 0) is 25.5 Å². The molecule has 1 heterocycles. The summed E-state index contributed by atoms with van der Waals surface area (Å²) in [6.45, 7) is 4.36. The van der Waals surface area contributed by atoms with E-state index in [4.69, 9.17) is 9.47 Å². The van der Waals surface area contributed by atoms with Crippen molar-refractivity contribution in [1.82, 2.24) is 5.32 Å². The van der Waals surface area contributed by atoms with Crippen LogP contribution in [0, 0.1) is 5.92 Å². The van der Waals surface area contributed by atoms with Crippen LogP contribution in [0.3, 0.4) is 0 Å². The zero-order valence-electron chi connectivity index (χ0n) is 18.8. The van der Waals surface area contributed by atoms with Crippen molar-refractivity contribution in [3.63, 3.8) is 0 Å². The van der Waals surface area contributed by atoms with Gasteiger partial charge in [-0.25, -0.2) is 0 Å². The number of benzene rings is 2. The maximum atomic E-state index is 13.1. The van der Waals surface area contributed by atoms with Gasteiger partial charge in [0.1, 0.15) is 5.75 Å². The van der Waals surface area contributed by atoms with E-state index in [0.717, 1.165) is 23.2 Å². The van der Waals surface area contributed by atoms with Crippen LogP contribution in [0.25, 0.3) is 0 Å². The van der Waals surface area contributed by atoms with Crippen molar-refractivity contribution in [3.8, 4) is 5.75 Å². The molecule has 1 saturated heterocycles. The maximum Gasteiger partial charge on any atom is 0.308 e. The first kappa shape index (κ1) is 23.3. The molecule has 1 N–H and O–H groups in total. The molecule has 0 unspecified atom stereocenters. The molecule has 0 radical (unpaired) electrons. The molecule has 0 aromatic heterocycles. The molecule has 2 amide bonds. The van der Waals surface area contributed by atoms with Crippen molar-refractivity contribution >= 4 is 23.5 Å². The summed E-state index contributed by atoms with van der Waals surface area (Å²) in [6.07, 6.45) is 0.929. The standard InChI is InChI=1S/C25H30N2O5/c1-4-17-9-6-7-12-22(17)27-16-19(14-23(27)28)25(30)26-21(15-24(29)32-5-2)18-10-8-11-20(13-18)31-3/h6-13,19,21H,4-5,14-16H2,1-3H3,(H,26,30)/t19-,21-/m0/s1. The van der Waals surface area contributed by atoms with Gasteiger partial charge in [-0.3, -0.25) is 14.4 Å². The first-order chi connectivity index (χ1) is 15.5. The minimum Gasteiger partial charge on any atom is -0.497 e. The third-order valence-electron chi connectivity index (χ3n) is 5.65. The number of nitrogens with zero attached hydrogens (tertiary/aromatic N) is 1. The van der Waals surface area contributed by atoms with E-state index in [9.17, 15) is 14.4 Å². The van der Waals surface area contributed by atoms with Crippen molar-refractivity contribution in [1.29, 1.82) is 0 Å². The summed E-state index contributed by atoms with van der Waals surface area (Å²) >= 11 is 0. The van der Waals surface area contributed by atoms with Gasteiger partial charge in [0.05, 0.1) is 32.1 Å². The van der Waals surface area contributed by atoms with Gasteiger partial charge in [-0.05, 0) is 42.7 Å². The van der Waals surface area contributed by atoms with Gasteiger partial charge in [-0.15, -0.1) is 0 Å². The Labute approximate surface area is 188 Å². The fraction of sp³-hybridized carbons (Fsp3) is 0.400. The first-order valence-electron chi connectivity index (χ1n) is 10.9. The van der Waals surface area contributed by atoms with E-state index in [2.05, 4.69) is 5.32 Å². The Bertz CT molecular complexity index is 974. The molecule has 170 valence electrons. The topological polar surface area (TPSA) is 84.9 Å². The van der Waals surface area contributed by atoms with E-state index < -0.39 is 17.9 Å². The summed E-state index contributed by atoms with van der Waals surface area (Å²) in [7, 11) is 1.56. The molecule has 32 heavy (non-hydrogen) atoms. The van der Waals surface area contributed by atoms with E-state index in [1.54, 1.807) is 37.1 Å². The Morgan fingerprint density at radius 1 is 1.16 bits per heavy atom. The molecule has 7 heteroatoms. The van der Waals surface area contributed by atoms with Gasteiger partial charge in [0, 0.05) is 18.7 Å². The lowest BCUT2D eigenvalue weighted by atomic mass is 10.0. The van der Waals surface area contributed by atoms with E-state index in [0.29, 0.717) is 12.3 Å². The SMILES string of the molecule is CCOC(=O)C[C@H](NC(=O)[C@H]1CC(=O)N(c2ccccc2CC)C1)c1cccc(OC)c1. The van der Waals surface area contributed by atoms with Crippen LogP contribution in [0.4, 0.5) is 5.69 Å². The van der Waals surface area contributed by atoms with Crippen LogP contribution in [0.1, 0.15) is 43.9 Å². The molecular weight excluding hydrogens is 408 g/mol. The van der Waals surface area contributed by atoms with E-state index in [1.165, 1.54) is 0 Å². The van der Waals surface area contributed by atoms with Gasteiger partial charge in [-0.2, -0.15) is 0 Å². The number of anilines is 1. The number of ether oxygens (including phenoxy) is 2. The minimum absolute atomic E-state index is 0.00417. The second-order valence-corrected chi connectivity index (χ2v) is 7.73. The van der Waals surface area contributed by atoms with Gasteiger partial charge in [0.25, 0.3) is 0 Å². The Balaban J connectivity index is 1.76. The van der Waals surface area contributed by atoms with Gasteiger partial charge < -0.3 is 19.7 Å². The average molecular weight is 439 g/mol. The fourth-order valence-electron chi connectivity index (χ4n) is 3.98. The van der Waals surface area contributed by atoms with E-state index in [-0.39, 0.29) is 31.3 Å². The number of aryl methyl sites for hydroxylation is 1. The molecule has 0 bridgehead atoms. The highest BCUT2D eigenvalue weighted by molar-refractivity contribution is 6.01. The predicted octanol–water partition coefficient (Wildman–Crippen LogP) is 3.42. The maximum absolute atomic E-state index is 13.1. The monoisotopic (exact) mass is 438 g/mol. The van der Waals surface area contributed by atoms with Crippen LogP contribution in [-0.4, -0.2) is 38.0 Å². The highest BCUT2D eigenvalue weighted by Crippen LogP contribution is 2.30. The molecule has 0 aliphatic carbocycles. The lowest BCUT2D eigenvalue weighted by molar-refractivity contribution is -0.144. The molecular formula is C25H30N2O5. The Hall–Kier alpha value is -3.35. The van der Waals surface area contributed by atoms with Crippen molar-refractivity contribution in [2.24, 2.45) is 5.92 Å². The lowest BCUT2D eigenvalue weighted by Crippen LogP contribution is -2.36. The van der Waals surface area contributed by atoms with Crippen LogP contribution >= 0.6 is 0 Å². The Morgan fingerprint density at radius 3 is 2.66 bits per heavy atom. The second kappa shape index (κ2) is 10.8. The number of para-hydroxylation sites is 1. The van der Waals surface area contributed by atoms with Crippen molar-refractivity contribution in [3.05, 3.63) is 59.7 Å². The summed E-state index contributed by atoms with van der Waals surface area (Å²) in [5.74, 6) is -0.602. The second-order valence-electron chi connectivity index (χ2n) is 7.73. The highest BCUT2D eigenvalue weighted by Gasteiger charge is 2.36. The summed E-state index contributed by atoms with van der Waals surface area (Å²) in [5, 5.41) is 2.96. The Kier molecular flexibility index (Phi) is 7.87. The van der Waals surface area contributed by atoms with Crippen LogP contribution in [0.2, 0.25) is 0 Å². The third-order valence-corrected chi connectivity index (χ3v) is 5.65. The van der Waals surface area contributed by atoms with E-state index in [1.807, 2.05) is 37.3 Å². The largest absolute Gasteiger partial charge is 0.497 e. The van der Waals surface area contributed by atoms with Crippen LogP contribution in [0.5, 0.6) is 5.75 Å². The molecule has 2 aromatic rings. The minimum atomic E-state index is -0.580. The third kappa shape index (κ3) is 5.46. The molecule has 1 aliphatic rings. The van der Waals surface area contributed by atoms with Crippen molar-refractivity contribution in [2.45, 2.75) is 39.2 Å². The summed E-state index contributed by atoms with van der Waals surface area (Å²) in [6, 6.07) is 14.4. The highest BCUT2D eigenvalue weighted by atomic mass is 16.5. The van der Waals surface area contributed by atoms with Gasteiger partial charge in [-0.1, -0.05) is 37.3 Å². The van der Waals surface area contributed by atoms with Crippen LogP contribution in [0.15, 0.2) is 48.5 Å². The van der Waals surface area contributed by atoms with Gasteiger partial charge in [0.15, 0.2) is 0 Å². The summed E-state index contributed by atoms with van der Waals surface area (Å²) < 4.78 is 10.4. The van der Waals surface area contributed by atoms with Gasteiger partial charge >= 0.3 is 5.97 Å². The molecule has 7 nitrogen and oxygen atoms in total. The fourth-order valence-corrected chi connectivity index (χ4v) is 3.98. The number of esters is 1. The zero-order chi connectivity index (χ0) is 23.1. The number of methoxy groups -OCH3 is 1. The predicted molar refractivity (Wildman–Crippen MR) is 121 cm³/mol. The number of nitrogens with one attached hydrogen (secondary N) is 1. The first-order valence-corrected chi connectivity index (χ1v) is 10.9. The smallest absolute Gasteiger partial charge is 0.308 e. The summed E-state index contributed by atoms with van der Waals surface area (Å²) in [5.41, 5.74) is 2.66. The number of amides is 2. The van der Waals surface area contributed by atoms with Crippen LogP contribution < -0.4 is 15.0 Å². The lowest BCUT2D eigenvalue weighted by Gasteiger charge is -2.22. The number of rotatable bonds is 9. The molecule has 1 fully saturated rings. The molecule has 2 aromatic carbocycles. The molecule has 0 spiro atoms. The number of hydrogen-bond acceptors (Lipinski definition) is 5. The molecule has 2 atom stereocenters. The van der Waals surface area contributed by atoms with E-state index >= 15 is 0 Å². The molecule has 1 aliphatic heterocycles. The number of hydrogen-bond donors (Lipinski definition) is 1. The van der Waals surface area contributed by atoms with Crippen molar-refractivity contribution < 1.29 is 23.9 Å². The Morgan fingerprint density at radius 2 is 1.94 bits per heavy atom. The van der Waals surface area contributed by atoms with Crippen molar-refractivity contribution in [2.75, 3.05) is 25.2 Å². The molecule has 0 saturated carbocycles. The van der Waals surface area contributed by atoms with Gasteiger partial charge in [0.2, 0.25) is 11.8 Å². The summed E-state index contributed by atoms with van der Waals surface area (Å²) in [4.78, 5) is 39.7. The zero-order valence-corrected chi connectivity index (χ0v) is 18.8. The quantitative estimate of drug-likeness (QED) is 0.607. The normalized spacial score (nSPS) is 16.5. The number of carbonyl (C=O) groups is 3. The molecule has 3 rings (SSSR count). The number of carbonyl (C=O) groups excluding carboxylic acids is 3.